The molecule has 96 valence electrons. The summed E-state index contributed by atoms with van der Waals surface area (Å²) in [4.78, 5) is 23.4. The van der Waals surface area contributed by atoms with Crippen molar-refractivity contribution in [1.82, 2.24) is 9.13 Å². The quantitative estimate of drug-likeness (QED) is 0.818. The number of aromatic nitrogens is 2. The molecule has 2 heterocycles. The van der Waals surface area contributed by atoms with E-state index >= 15 is 0 Å². The summed E-state index contributed by atoms with van der Waals surface area (Å²) in [5.41, 5.74) is -0.861. The molecule has 0 fully saturated rings. The minimum Gasteiger partial charge on any atom is -0.463 e. The monoisotopic (exact) mass is 250 g/mol. The number of aryl methyl sites for hydroxylation is 2. The average molecular weight is 250 g/mol. The maximum absolute atomic E-state index is 11.9. The number of nitrogens with zero attached hydrogens (tertiary/aromatic N) is 2. The average Bonchev–Trinajstić information content (AvgIpc) is 2.77. The van der Waals surface area contributed by atoms with Crippen molar-refractivity contribution in [2.75, 3.05) is 0 Å². The Kier molecular flexibility index (Phi) is 2.96. The highest BCUT2D eigenvalue weighted by Crippen LogP contribution is 2.20. The molecule has 2 aromatic rings. The molecule has 0 aromatic carbocycles. The molecule has 0 spiro atoms. The van der Waals surface area contributed by atoms with Crippen molar-refractivity contribution < 1.29 is 9.52 Å². The van der Waals surface area contributed by atoms with Gasteiger partial charge in [0, 0.05) is 20.3 Å². The molecule has 6 nitrogen and oxygen atoms in total. The Hall–Kier alpha value is -2.08. The topological polar surface area (TPSA) is 77.4 Å². The van der Waals surface area contributed by atoms with E-state index in [2.05, 4.69) is 0 Å². The number of hydrogen-bond acceptors (Lipinski definition) is 4. The van der Waals surface area contributed by atoms with Crippen LogP contribution >= 0.6 is 0 Å². The minimum atomic E-state index is -1.18. The van der Waals surface area contributed by atoms with Crippen molar-refractivity contribution in [3.05, 3.63) is 56.3 Å². The molecule has 2 rings (SSSR count). The lowest BCUT2D eigenvalue weighted by Crippen LogP contribution is -2.39. The lowest BCUT2D eigenvalue weighted by molar-refractivity contribution is 0.184. The van der Waals surface area contributed by atoms with Crippen LogP contribution in [0.15, 0.2) is 32.3 Å². The highest BCUT2D eigenvalue weighted by molar-refractivity contribution is 5.21. The molecule has 0 aliphatic carbocycles. The van der Waals surface area contributed by atoms with E-state index in [9.17, 15) is 14.7 Å². The predicted octanol–water partition coefficient (Wildman–Crippen LogP) is 0.0671. The van der Waals surface area contributed by atoms with E-state index in [1.165, 1.54) is 24.9 Å². The van der Waals surface area contributed by atoms with Crippen LogP contribution in [0.1, 0.15) is 23.2 Å². The van der Waals surface area contributed by atoms with Crippen LogP contribution in [0.2, 0.25) is 0 Å². The van der Waals surface area contributed by atoms with Gasteiger partial charge in [0.05, 0.1) is 5.56 Å². The number of aliphatic hydroxyl groups excluding tert-OH is 1. The van der Waals surface area contributed by atoms with Gasteiger partial charge in [-0.05, 0) is 19.1 Å². The Morgan fingerprint density at radius 2 is 1.94 bits per heavy atom. The highest BCUT2D eigenvalue weighted by atomic mass is 16.4. The first kappa shape index (κ1) is 12.4. The molecule has 0 bridgehead atoms. The molecule has 0 aliphatic rings. The number of aliphatic hydroxyl groups is 1. The fraction of sp³-hybridized carbons (Fsp3) is 0.333. The Morgan fingerprint density at radius 3 is 2.50 bits per heavy atom. The first-order valence-electron chi connectivity index (χ1n) is 5.42. The van der Waals surface area contributed by atoms with Crippen LogP contribution in [0.5, 0.6) is 0 Å². The van der Waals surface area contributed by atoms with E-state index in [4.69, 9.17) is 4.42 Å². The van der Waals surface area contributed by atoms with Crippen LogP contribution in [0.4, 0.5) is 0 Å². The fourth-order valence-electron chi connectivity index (χ4n) is 1.78. The lowest BCUT2D eigenvalue weighted by atomic mass is 10.1. The normalized spacial score (nSPS) is 12.7. The largest absolute Gasteiger partial charge is 0.463 e. The summed E-state index contributed by atoms with van der Waals surface area (Å²) >= 11 is 0. The molecule has 0 amide bonds. The van der Waals surface area contributed by atoms with E-state index in [0.717, 1.165) is 4.57 Å². The van der Waals surface area contributed by atoms with Gasteiger partial charge < -0.3 is 14.1 Å². The summed E-state index contributed by atoms with van der Waals surface area (Å²) in [5.74, 6) is 0.925. The summed E-state index contributed by atoms with van der Waals surface area (Å²) in [7, 11) is 2.89. The maximum atomic E-state index is 11.9. The van der Waals surface area contributed by atoms with Gasteiger partial charge >= 0.3 is 5.69 Å². The molecule has 2 aromatic heterocycles. The van der Waals surface area contributed by atoms with Gasteiger partial charge in [0.2, 0.25) is 0 Å². The third-order valence-corrected chi connectivity index (χ3v) is 2.80. The van der Waals surface area contributed by atoms with Crippen LogP contribution < -0.4 is 11.2 Å². The molecule has 0 saturated carbocycles. The van der Waals surface area contributed by atoms with Gasteiger partial charge in [-0.1, -0.05) is 0 Å². The number of rotatable bonds is 2. The third kappa shape index (κ3) is 1.91. The van der Waals surface area contributed by atoms with E-state index in [-0.39, 0.29) is 11.3 Å². The molecular weight excluding hydrogens is 236 g/mol. The minimum absolute atomic E-state index is 0.106. The van der Waals surface area contributed by atoms with E-state index < -0.39 is 17.4 Å². The van der Waals surface area contributed by atoms with Crippen molar-refractivity contribution in [1.29, 1.82) is 0 Å². The van der Waals surface area contributed by atoms with Crippen molar-refractivity contribution in [2.45, 2.75) is 13.0 Å². The van der Waals surface area contributed by atoms with Gasteiger partial charge in [0.15, 0.2) is 0 Å². The Morgan fingerprint density at radius 1 is 1.28 bits per heavy atom. The van der Waals surface area contributed by atoms with Crippen LogP contribution in [-0.4, -0.2) is 14.2 Å². The third-order valence-electron chi connectivity index (χ3n) is 2.80. The van der Waals surface area contributed by atoms with Gasteiger partial charge in [-0.15, -0.1) is 0 Å². The standard InChI is InChI=1S/C12H14N2O4/c1-7-4-5-9(18-7)10(15)8-6-13(2)12(17)14(3)11(8)16/h4-6,10,15H,1-3H3. The van der Waals surface area contributed by atoms with Crippen molar-refractivity contribution in [2.24, 2.45) is 14.1 Å². The molecule has 0 radical (unpaired) electrons. The van der Waals surface area contributed by atoms with Crippen LogP contribution in [0, 0.1) is 6.92 Å². The van der Waals surface area contributed by atoms with Gasteiger partial charge in [0.1, 0.15) is 17.6 Å². The van der Waals surface area contributed by atoms with E-state index in [1.54, 1.807) is 19.1 Å². The highest BCUT2D eigenvalue weighted by Gasteiger charge is 2.19. The van der Waals surface area contributed by atoms with Gasteiger partial charge in [-0.3, -0.25) is 9.36 Å². The Balaban J connectivity index is 2.59. The molecule has 6 heteroatoms. The second kappa shape index (κ2) is 4.30. The lowest BCUT2D eigenvalue weighted by Gasteiger charge is -2.10. The van der Waals surface area contributed by atoms with Crippen molar-refractivity contribution in [3.63, 3.8) is 0 Å². The fourth-order valence-corrected chi connectivity index (χ4v) is 1.78. The zero-order valence-electron chi connectivity index (χ0n) is 10.4. The smallest absolute Gasteiger partial charge is 0.330 e. The Bertz CT molecular complexity index is 693. The zero-order chi connectivity index (χ0) is 13.4. The summed E-state index contributed by atoms with van der Waals surface area (Å²) in [6.45, 7) is 1.75. The second-order valence-corrected chi connectivity index (χ2v) is 4.19. The zero-order valence-corrected chi connectivity index (χ0v) is 10.4. The van der Waals surface area contributed by atoms with Gasteiger partial charge in [-0.2, -0.15) is 0 Å². The van der Waals surface area contributed by atoms with Crippen LogP contribution in [-0.2, 0) is 14.1 Å². The molecule has 0 saturated heterocycles. The predicted molar refractivity (Wildman–Crippen MR) is 64.4 cm³/mol. The van der Waals surface area contributed by atoms with Gasteiger partial charge in [-0.25, -0.2) is 4.79 Å². The second-order valence-electron chi connectivity index (χ2n) is 4.19. The van der Waals surface area contributed by atoms with Crippen molar-refractivity contribution in [3.8, 4) is 0 Å². The molecule has 18 heavy (non-hydrogen) atoms. The first-order valence-corrected chi connectivity index (χ1v) is 5.42. The molecule has 1 unspecified atom stereocenters. The first-order chi connectivity index (χ1) is 8.41. The van der Waals surface area contributed by atoms with E-state index in [1.807, 2.05) is 0 Å². The number of hydrogen-bond donors (Lipinski definition) is 1. The van der Waals surface area contributed by atoms with Crippen LogP contribution in [0.25, 0.3) is 0 Å². The summed E-state index contributed by atoms with van der Waals surface area (Å²) in [5, 5.41) is 10.1. The molecule has 1 N–H and O–H groups in total. The van der Waals surface area contributed by atoms with Gasteiger partial charge in [0.25, 0.3) is 5.56 Å². The molecule has 1 atom stereocenters. The molecular formula is C12H14N2O4. The van der Waals surface area contributed by atoms with E-state index in [0.29, 0.717) is 5.76 Å². The summed E-state index contributed by atoms with van der Waals surface area (Å²) in [6, 6.07) is 3.30. The summed E-state index contributed by atoms with van der Waals surface area (Å²) in [6.07, 6.45) is 0.150. The number of furan rings is 1. The maximum Gasteiger partial charge on any atom is 0.330 e. The molecule has 0 aliphatic heterocycles. The SMILES string of the molecule is Cc1ccc(C(O)c2cn(C)c(=O)n(C)c2=O)o1. The summed E-state index contributed by atoms with van der Waals surface area (Å²) < 4.78 is 7.48. The Labute approximate surface area is 103 Å². The van der Waals surface area contributed by atoms with Crippen LogP contribution in [0.3, 0.4) is 0 Å². The van der Waals surface area contributed by atoms with Crippen molar-refractivity contribution >= 4 is 0 Å².